The van der Waals surface area contributed by atoms with E-state index in [9.17, 15) is 0 Å². The summed E-state index contributed by atoms with van der Waals surface area (Å²) >= 11 is 0. The zero-order chi connectivity index (χ0) is 19.5. The third-order valence-corrected chi connectivity index (χ3v) is 4.24. The molecule has 1 aromatic heterocycles. The summed E-state index contributed by atoms with van der Waals surface area (Å²) in [5, 5.41) is 14.9. The Bertz CT molecular complexity index is 696. The second kappa shape index (κ2) is 11.3. The molecule has 0 fully saturated rings. The van der Waals surface area contributed by atoms with Gasteiger partial charge in [-0.1, -0.05) is 44.2 Å². The van der Waals surface area contributed by atoms with Crippen molar-refractivity contribution in [3.8, 4) is 0 Å². The summed E-state index contributed by atoms with van der Waals surface area (Å²) in [7, 11) is 1.96. The van der Waals surface area contributed by atoms with Gasteiger partial charge in [-0.2, -0.15) is 0 Å². The summed E-state index contributed by atoms with van der Waals surface area (Å²) in [6.45, 7) is 9.67. The van der Waals surface area contributed by atoms with Crippen LogP contribution in [0.25, 0.3) is 0 Å². The van der Waals surface area contributed by atoms with Crippen LogP contribution in [0, 0.1) is 12.8 Å². The van der Waals surface area contributed by atoms with Crippen molar-refractivity contribution < 1.29 is 4.74 Å². The fraction of sp³-hybridized carbons (Fsp3) is 0.550. The van der Waals surface area contributed by atoms with Gasteiger partial charge in [0.2, 0.25) is 0 Å². The average Bonchev–Trinajstić information content (AvgIpc) is 2.98. The van der Waals surface area contributed by atoms with Gasteiger partial charge in [0, 0.05) is 20.2 Å². The van der Waals surface area contributed by atoms with Crippen LogP contribution >= 0.6 is 0 Å². The van der Waals surface area contributed by atoms with Crippen molar-refractivity contribution in [1.82, 2.24) is 25.4 Å². The number of aliphatic imine (C=N–C) groups is 1. The van der Waals surface area contributed by atoms with Crippen molar-refractivity contribution in [3.05, 3.63) is 47.5 Å². The molecule has 0 aliphatic carbocycles. The first-order valence-corrected chi connectivity index (χ1v) is 9.55. The number of benzene rings is 1. The van der Waals surface area contributed by atoms with Crippen LogP contribution in [0.15, 0.2) is 35.3 Å². The number of aromatic nitrogens is 3. The Morgan fingerprint density at radius 2 is 1.93 bits per heavy atom. The summed E-state index contributed by atoms with van der Waals surface area (Å²) < 4.78 is 7.64. The van der Waals surface area contributed by atoms with E-state index in [4.69, 9.17) is 4.74 Å². The second-order valence-electron chi connectivity index (χ2n) is 6.95. The molecule has 2 rings (SSSR count). The smallest absolute Gasteiger partial charge is 0.192 e. The van der Waals surface area contributed by atoms with Gasteiger partial charge in [0.1, 0.15) is 5.82 Å². The van der Waals surface area contributed by atoms with Crippen molar-refractivity contribution in [2.75, 3.05) is 19.8 Å². The molecule has 148 valence electrons. The van der Waals surface area contributed by atoms with Gasteiger partial charge >= 0.3 is 0 Å². The molecule has 0 spiro atoms. The van der Waals surface area contributed by atoms with Crippen LogP contribution < -0.4 is 10.6 Å². The quantitative estimate of drug-likeness (QED) is 0.381. The lowest BCUT2D eigenvalue weighted by Crippen LogP contribution is -2.39. The zero-order valence-electron chi connectivity index (χ0n) is 16.9. The fourth-order valence-electron chi connectivity index (χ4n) is 2.36. The Morgan fingerprint density at radius 1 is 1.15 bits per heavy atom. The normalized spacial score (nSPS) is 11.8. The minimum absolute atomic E-state index is 0.562. The summed E-state index contributed by atoms with van der Waals surface area (Å²) in [5.41, 5.74) is 1.17. The molecule has 1 heterocycles. The molecular weight excluding hydrogens is 340 g/mol. The van der Waals surface area contributed by atoms with Gasteiger partial charge in [-0.3, -0.25) is 0 Å². The van der Waals surface area contributed by atoms with Crippen LogP contribution in [0.4, 0.5) is 0 Å². The molecule has 0 aliphatic heterocycles. The molecule has 0 saturated carbocycles. The third kappa shape index (κ3) is 7.78. The molecule has 2 aromatic rings. The first-order chi connectivity index (χ1) is 13.1. The van der Waals surface area contributed by atoms with Crippen molar-refractivity contribution in [2.45, 2.75) is 40.3 Å². The van der Waals surface area contributed by atoms with Gasteiger partial charge in [0.25, 0.3) is 0 Å². The number of nitrogens with one attached hydrogen (secondary N) is 2. The average molecular weight is 373 g/mol. The van der Waals surface area contributed by atoms with Crippen LogP contribution in [-0.2, 0) is 24.9 Å². The minimum Gasteiger partial charge on any atom is -0.380 e. The van der Waals surface area contributed by atoms with E-state index in [1.54, 1.807) is 0 Å². The predicted molar refractivity (Wildman–Crippen MR) is 108 cm³/mol. The third-order valence-electron chi connectivity index (χ3n) is 4.24. The van der Waals surface area contributed by atoms with Gasteiger partial charge in [-0.15, -0.1) is 10.2 Å². The van der Waals surface area contributed by atoms with Crippen LogP contribution in [0.5, 0.6) is 0 Å². The van der Waals surface area contributed by atoms with Gasteiger partial charge < -0.3 is 19.9 Å². The molecule has 7 heteroatoms. The lowest BCUT2D eigenvalue weighted by atomic mass is 10.1. The second-order valence-corrected chi connectivity index (χ2v) is 6.95. The Balaban J connectivity index is 1.86. The SMILES string of the molecule is Cc1nnc(CNC(=NCc2ccccc2)NCCOCCC(C)C)n1C. The summed E-state index contributed by atoms with van der Waals surface area (Å²) in [6, 6.07) is 10.2. The highest BCUT2D eigenvalue weighted by atomic mass is 16.5. The maximum Gasteiger partial charge on any atom is 0.192 e. The van der Waals surface area contributed by atoms with Gasteiger partial charge in [0.15, 0.2) is 11.8 Å². The Kier molecular flexibility index (Phi) is 8.77. The molecule has 0 saturated heterocycles. The highest BCUT2D eigenvalue weighted by molar-refractivity contribution is 5.79. The highest BCUT2D eigenvalue weighted by Crippen LogP contribution is 2.01. The van der Waals surface area contributed by atoms with Crippen LogP contribution in [-0.4, -0.2) is 40.5 Å². The lowest BCUT2D eigenvalue weighted by Gasteiger charge is -2.13. The van der Waals surface area contributed by atoms with Crippen LogP contribution in [0.3, 0.4) is 0 Å². The van der Waals surface area contributed by atoms with Crippen LogP contribution in [0.2, 0.25) is 0 Å². The number of rotatable bonds is 10. The fourth-order valence-corrected chi connectivity index (χ4v) is 2.36. The molecule has 1 aromatic carbocycles. The molecule has 0 aliphatic rings. The molecule has 0 atom stereocenters. The predicted octanol–water partition coefficient (Wildman–Crippen LogP) is 2.42. The standard InChI is InChI=1S/C20H32N6O/c1-16(2)10-12-27-13-11-21-20(22-14-18-8-6-5-7-9-18)23-15-19-25-24-17(3)26(19)4/h5-9,16H,10-15H2,1-4H3,(H2,21,22,23). The molecule has 0 unspecified atom stereocenters. The van der Waals surface area contributed by atoms with Crippen molar-refractivity contribution in [1.29, 1.82) is 0 Å². The lowest BCUT2D eigenvalue weighted by molar-refractivity contribution is 0.128. The van der Waals surface area contributed by atoms with Gasteiger partial charge in [0.05, 0.1) is 19.7 Å². The molecular formula is C20H32N6O. The maximum absolute atomic E-state index is 5.67. The van der Waals surface area contributed by atoms with E-state index in [0.29, 0.717) is 32.2 Å². The maximum atomic E-state index is 5.67. The first-order valence-electron chi connectivity index (χ1n) is 9.55. The molecule has 27 heavy (non-hydrogen) atoms. The summed E-state index contributed by atoms with van der Waals surface area (Å²) in [4.78, 5) is 4.67. The monoisotopic (exact) mass is 372 g/mol. The van der Waals surface area contributed by atoms with Crippen LogP contribution in [0.1, 0.15) is 37.5 Å². The van der Waals surface area contributed by atoms with E-state index in [-0.39, 0.29) is 0 Å². The van der Waals surface area contributed by atoms with E-state index in [1.807, 2.05) is 36.7 Å². The first kappa shape index (κ1) is 20.9. The molecule has 2 N–H and O–H groups in total. The molecule has 0 bridgehead atoms. The number of nitrogens with zero attached hydrogens (tertiary/aromatic N) is 4. The number of ether oxygens (including phenoxy) is 1. The van der Waals surface area contributed by atoms with Gasteiger partial charge in [-0.05, 0) is 24.8 Å². The van der Waals surface area contributed by atoms with Crippen molar-refractivity contribution in [3.63, 3.8) is 0 Å². The largest absolute Gasteiger partial charge is 0.380 e. The Hall–Kier alpha value is -2.41. The molecule has 0 amide bonds. The Morgan fingerprint density at radius 3 is 2.59 bits per heavy atom. The van der Waals surface area contributed by atoms with Gasteiger partial charge in [-0.25, -0.2) is 4.99 Å². The van der Waals surface area contributed by atoms with E-state index in [2.05, 4.69) is 51.8 Å². The number of hydrogen-bond acceptors (Lipinski definition) is 4. The van der Waals surface area contributed by atoms with E-state index >= 15 is 0 Å². The molecule has 7 nitrogen and oxygen atoms in total. The topological polar surface area (TPSA) is 76.4 Å². The zero-order valence-corrected chi connectivity index (χ0v) is 16.9. The minimum atomic E-state index is 0.562. The highest BCUT2D eigenvalue weighted by Gasteiger charge is 2.06. The molecule has 0 radical (unpaired) electrons. The van der Waals surface area contributed by atoms with Crippen molar-refractivity contribution in [2.24, 2.45) is 18.0 Å². The summed E-state index contributed by atoms with van der Waals surface area (Å²) in [5.74, 6) is 3.17. The van der Waals surface area contributed by atoms with E-state index in [1.165, 1.54) is 5.56 Å². The van der Waals surface area contributed by atoms with Crippen molar-refractivity contribution >= 4 is 5.96 Å². The number of hydrogen-bond donors (Lipinski definition) is 2. The van der Waals surface area contributed by atoms with E-state index < -0.39 is 0 Å². The summed E-state index contributed by atoms with van der Waals surface area (Å²) in [6.07, 6.45) is 1.08. The number of guanidine groups is 1. The van der Waals surface area contributed by atoms with E-state index in [0.717, 1.165) is 30.6 Å². The Labute approximate surface area is 162 Å². The number of aryl methyl sites for hydroxylation is 1.